The largest absolute Gasteiger partial charge is 0.491 e. The van der Waals surface area contributed by atoms with Crippen LogP contribution in [-0.2, 0) is 16.0 Å². The van der Waals surface area contributed by atoms with E-state index in [1.807, 2.05) is 17.0 Å². The van der Waals surface area contributed by atoms with Gasteiger partial charge in [0.25, 0.3) is 0 Å². The monoisotopic (exact) mass is 537 g/mol. The van der Waals surface area contributed by atoms with E-state index in [9.17, 15) is 14.0 Å². The van der Waals surface area contributed by atoms with Gasteiger partial charge < -0.3 is 19.7 Å². The number of hydrogen-bond acceptors (Lipinski definition) is 5. The first kappa shape index (κ1) is 27.4. The first-order chi connectivity index (χ1) is 19.0. The van der Waals surface area contributed by atoms with Gasteiger partial charge >= 0.3 is 0 Å². The fourth-order valence-electron chi connectivity index (χ4n) is 6.12. The fourth-order valence-corrected chi connectivity index (χ4v) is 6.12. The van der Waals surface area contributed by atoms with Gasteiger partial charge in [0.2, 0.25) is 11.8 Å². The Balaban J connectivity index is 1.09. The predicted molar refractivity (Wildman–Crippen MR) is 147 cm³/mol. The van der Waals surface area contributed by atoms with Crippen LogP contribution in [0.3, 0.4) is 0 Å². The summed E-state index contributed by atoms with van der Waals surface area (Å²) in [6, 6.07) is 14.4. The molecule has 2 amide bonds. The van der Waals surface area contributed by atoms with Crippen LogP contribution in [0.5, 0.6) is 11.5 Å². The minimum Gasteiger partial charge on any atom is -0.491 e. The van der Waals surface area contributed by atoms with Crippen molar-refractivity contribution in [2.45, 2.75) is 57.5 Å². The van der Waals surface area contributed by atoms with Crippen LogP contribution in [0, 0.1) is 11.2 Å². The van der Waals surface area contributed by atoms with Gasteiger partial charge in [-0.3, -0.25) is 14.5 Å². The summed E-state index contributed by atoms with van der Waals surface area (Å²) < 4.78 is 25.3. The normalized spacial score (nSPS) is 21.2. The van der Waals surface area contributed by atoms with E-state index in [1.165, 1.54) is 17.7 Å². The van der Waals surface area contributed by atoms with E-state index in [0.29, 0.717) is 38.5 Å². The van der Waals surface area contributed by atoms with Crippen LogP contribution in [0.2, 0.25) is 0 Å². The molecule has 5 rings (SSSR count). The molecule has 7 nitrogen and oxygen atoms in total. The standard InChI is InChI=1S/C31H40FN3O4/c32-25-8-5-9-27(22-25)39-26-11-17-35(18-12-26)29(36)23-34-19-14-31(15-20-34)13-4-3-7-24-6-1-2-10-28(24)38-21-16-33-30(31)37/h1-2,5-6,8-10,22,26H,3-4,7,11-21,23H2,(H,33,37). The van der Waals surface area contributed by atoms with E-state index in [1.54, 1.807) is 12.1 Å². The first-order valence-corrected chi connectivity index (χ1v) is 14.4. The molecule has 0 bridgehead atoms. The van der Waals surface area contributed by atoms with Crippen molar-refractivity contribution in [3.63, 3.8) is 0 Å². The Morgan fingerprint density at radius 2 is 1.82 bits per heavy atom. The summed E-state index contributed by atoms with van der Waals surface area (Å²) in [5, 5.41) is 3.13. The molecule has 39 heavy (non-hydrogen) atoms. The second kappa shape index (κ2) is 12.8. The highest BCUT2D eigenvalue weighted by atomic mass is 19.1. The molecule has 1 N–H and O–H groups in total. The molecule has 0 atom stereocenters. The summed E-state index contributed by atoms with van der Waals surface area (Å²) in [6.07, 6.45) is 6.86. The molecular weight excluding hydrogens is 497 g/mol. The van der Waals surface area contributed by atoms with Crippen LogP contribution in [0.1, 0.15) is 50.5 Å². The summed E-state index contributed by atoms with van der Waals surface area (Å²) >= 11 is 0. The molecule has 0 unspecified atom stereocenters. The molecule has 2 saturated heterocycles. The number of nitrogens with zero attached hydrogens (tertiary/aromatic N) is 2. The quantitative estimate of drug-likeness (QED) is 0.633. The minimum absolute atomic E-state index is 0.0100. The molecule has 3 heterocycles. The Morgan fingerprint density at radius 3 is 2.62 bits per heavy atom. The number of piperidine rings is 2. The number of nitrogens with one attached hydrogen (secondary N) is 1. The minimum atomic E-state index is -0.370. The van der Waals surface area contributed by atoms with E-state index < -0.39 is 0 Å². The third kappa shape index (κ3) is 7.10. The Morgan fingerprint density at radius 1 is 1.03 bits per heavy atom. The lowest BCUT2D eigenvalue weighted by atomic mass is 9.73. The van der Waals surface area contributed by atoms with Crippen molar-refractivity contribution in [3.8, 4) is 11.5 Å². The number of para-hydroxylation sites is 1. The zero-order valence-electron chi connectivity index (χ0n) is 22.7. The summed E-state index contributed by atoms with van der Waals surface area (Å²) in [6.45, 7) is 4.13. The van der Waals surface area contributed by atoms with E-state index in [2.05, 4.69) is 22.3 Å². The molecule has 3 aliphatic heterocycles. The Hall–Kier alpha value is -3.13. The topological polar surface area (TPSA) is 71.1 Å². The van der Waals surface area contributed by atoms with Gasteiger partial charge in [0.15, 0.2) is 0 Å². The molecule has 0 saturated carbocycles. The lowest BCUT2D eigenvalue weighted by Gasteiger charge is -2.41. The van der Waals surface area contributed by atoms with Crippen LogP contribution in [0.25, 0.3) is 0 Å². The fraction of sp³-hybridized carbons (Fsp3) is 0.548. The number of ether oxygens (including phenoxy) is 2. The smallest absolute Gasteiger partial charge is 0.236 e. The molecule has 2 aromatic carbocycles. The molecule has 2 aromatic rings. The highest BCUT2D eigenvalue weighted by molar-refractivity contribution is 5.83. The van der Waals surface area contributed by atoms with Crippen molar-refractivity contribution in [2.75, 3.05) is 45.9 Å². The number of halogens is 1. The van der Waals surface area contributed by atoms with Gasteiger partial charge in [-0.15, -0.1) is 0 Å². The van der Waals surface area contributed by atoms with E-state index in [0.717, 1.165) is 70.2 Å². The third-order valence-corrected chi connectivity index (χ3v) is 8.52. The molecule has 2 fully saturated rings. The molecule has 3 aliphatic rings. The number of benzene rings is 2. The van der Waals surface area contributed by atoms with Crippen LogP contribution < -0.4 is 14.8 Å². The molecule has 0 aliphatic carbocycles. The van der Waals surface area contributed by atoms with Gasteiger partial charge in [0.05, 0.1) is 18.5 Å². The van der Waals surface area contributed by atoms with Gasteiger partial charge in [0.1, 0.15) is 30.0 Å². The van der Waals surface area contributed by atoms with E-state index in [4.69, 9.17) is 9.47 Å². The second-order valence-corrected chi connectivity index (χ2v) is 11.1. The average molecular weight is 538 g/mol. The number of likely N-dealkylation sites (tertiary alicyclic amines) is 2. The van der Waals surface area contributed by atoms with E-state index >= 15 is 0 Å². The maximum Gasteiger partial charge on any atom is 0.236 e. The van der Waals surface area contributed by atoms with Gasteiger partial charge in [-0.1, -0.05) is 30.7 Å². The lowest BCUT2D eigenvalue weighted by molar-refractivity contribution is -0.137. The zero-order valence-corrected chi connectivity index (χ0v) is 22.7. The summed E-state index contributed by atoms with van der Waals surface area (Å²) in [4.78, 5) is 30.5. The Labute approximate surface area is 230 Å². The molecular formula is C31H40FN3O4. The van der Waals surface area contributed by atoms with Crippen LogP contribution in [-0.4, -0.2) is 73.6 Å². The lowest BCUT2D eigenvalue weighted by Crippen LogP contribution is -2.52. The van der Waals surface area contributed by atoms with Crippen molar-refractivity contribution in [1.29, 1.82) is 0 Å². The van der Waals surface area contributed by atoms with Gasteiger partial charge in [0, 0.05) is 32.0 Å². The Bertz CT molecular complexity index is 1130. The van der Waals surface area contributed by atoms with Gasteiger partial charge in [-0.05, 0) is 69.0 Å². The summed E-state index contributed by atoms with van der Waals surface area (Å²) in [5.74, 6) is 1.41. The maximum absolute atomic E-state index is 13.4. The number of rotatable bonds is 4. The maximum atomic E-state index is 13.4. The van der Waals surface area contributed by atoms with Crippen molar-refractivity contribution in [3.05, 3.63) is 59.9 Å². The number of hydrogen-bond donors (Lipinski definition) is 1. The molecule has 0 aromatic heterocycles. The van der Waals surface area contributed by atoms with E-state index in [-0.39, 0.29) is 29.2 Å². The Kier molecular flexibility index (Phi) is 9.02. The number of fused-ring (bicyclic) bond motifs is 1. The first-order valence-electron chi connectivity index (χ1n) is 14.4. The third-order valence-electron chi connectivity index (χ3n) is 8.52. The van der Waals surface area contributed by atoms with Crippen molar-refractivity contribution < 1.29 is 23.5 Å². The summed E-state index contributed by atoms with van der Waals surface area (Å²) in [7, 11) is 0. The zero-order chi connectivity index (χ0) is 27.1. The summed E-state index contributed by atoms with van der Waals surface area (Å²) in [5.41, 5.74) is 0.863. The van der Waals surface area contributed by atoms with Crippen LogP contribution >= 0.6 is 0 Å². The number of carbonyl (C=O) groups excluding carboxylic acids is 2. The number of carbonyl (C=O) groups is 2. The van der Waals surface area contributed by atoms with Crippen molar-refractivity contribution >= 4 is 11.8 Å². The average Bonchev–Trinajstić information content (AvgIpc) is 2.94. The van der Waals surface area contributed by atoms with Gasteiger partial charge in [-0.2, -0.15) is 0 Å². The SMILES string of the molecule is O=C(CN1CCC2(CCCCc3ccccc3OCCNC2=O)CC1)N1CCC(Oc2cccc(F)c2)CC1. The van der Waals surface area contributed by atoms with Crippen molar-refractivity contribution in [2.24, 2.45) is 5.41 Å². The number of amides is 2. The molecule has 210 valence electrons. The highest BCUT2D eigenvalue weighted by Crippen LogP contribution is 2.37. The van der Waals surface area contributed by atoms with Gasteiger partial charge in [-0.25, -0.2) is 4.39 Å². The van der Waals surface area contributed by atoms with Crippen molar-refractivity contribution in [1.82, 2.24) is 15.1 Å². The number of aryl methyl sites for hydroxylation is 1. The molecule has 0 radical (unpaired) electrons. The second-order valence-electron chi connectivity index (χ2n) is 11.1. The molecule has 1 spiro atoms. The van der Waals surface area contributed by atoms with Crippen LogP contribution in [0.15, 0.2) is 48.5 Å². The predicted octanol–water partition coefficient (Wildman–Crippen LogP) is 4.20. The highest BCUT2D eigenvalue weighted by Gasteiger charge is 2.41. The van der Waals surface area contributed by atoms with Crippen LogP contribution in [0.4, 0.5) is 4.39 Å². The molecule has 8 heteroatoms.